The van der Waals surface area contributed by atoms with E-state index in [9.17, 15) is 4.79 Å². The average Bonchev–Trinajstić information content (AvgIpc) is 2.51. The third kappa shape index (κ3) is 5.07. The van der Waals surface area contributed by atoms with Crippen LogP contribution in [0.25, 0.3) is 0 Å². The number of hydrogen-bond donors (Lipinski definition) is 2. The van der Waals surface area contributed by atoms with Crippen molar-refractivity contribution in [1.82, 2.24) is 10.6 Å². The van der Waals surface area contributed by atoms with Gasteiger partial charge in [0.05, 0.1) is 6.04 Å². The van der Waals surface area contributed by atoms with Crippen molar-refractivity contribution in [1.29, 1.82) is 0 Å². The summed E-state index contributed by atoms with van der Waals surface area (Å²) in [5.74, 6) is 0. The second-order valence-corrected chi connectivity index (χ2v) is 5.96. The first-order valence-electron chi connectivity index (χ1n) is 8.16. The monoisotopic (exact) mass is 290 g/mol. The van der Waals surface area contributed by atoms with Crippen molar-refractivity contribution in [3.05, 3.63) is 35.9 Å². The predicted molar refractivity (Wildman–Crippen MR) is 89.3 cm³/mol. The Bertz CT molecular complexity index is 418. The van der Waals surface area contributed by atoms with Gasteiger partial charge in [0.2, 0.25) is 0 Å². The van der Waals surface area contributed by atoms with Crippen LogP contribution in [-0.4, -0.2) is 12.6 Å². The number of unbranched alkanes of at least 4 members (excludes halogenated alkanes) is 1. The number of carbonyl (C=O) groups excluding carboxylic acids is 1. The molecule has 0 radical (unpaired) electrons. The van der Waals surface area contributed by atoms with Crippen molar-refractivity contribution < 1.29 is 4.79 Å². The van der Waals surface area contributed by atoms with Gasteiger partial charge in [-0.2, -0.15) is 0 Å². The van der Waals surface area contributed by atoms with E-state index in [0.29, 0.717) is 6.54 Å². The molecule has 1 aromatic carbocycles. The molecule has 0 saturated heterocycles. The highest BCUT2D eigenvalue weighted by Crippen LogP contribution is 2.41. The van der Waals surface area contributed by atoms with E-state index in [1.54, 1.807) is 0 Å². The third-order valence-corrected chi connectivity index (χ3v) is 4.35. The van der Waals surface area contributed by atoms with Crippen LogP contribution in [0.1, 0.15) is 65.0 Å². The number of hydrogen-bond acceptors (Lipinski definition) is 1. The van der Waals surface area contributed by atoms with Crippen LogP contribution in [0.2, 0.25) is 0 Å². The van der Waals surface area contributed by atoms with Crippen molar-refractivity contribution in [3.8, 4) is 0 Å². The highest BCUT2D eigenvalue weighted by Gasteiger charge is 2.34. The highest BCUT2D eigenvalue weighted by molar-refractivity contribution is 5.74. The Balaban J connectivity index is 3.02. The Morgan fingerprint density at radius 1 is 1.19 bits per heavy atom. The molecule has 0 aliphatic heterocycles. The normalized spacial score (nSPS) is 15.0. The fourth-order valence-electron chi connectivity index (χ4n) is 2.75. The van der Waals surface area contributed by atoms with Gasteiger partial charge in [0.1, 0.15) is 0 Å². The number of benzene rings is 1. The molecule has 0 aliphatic carbocycles. The summed E-state index contributed by atoms with van der Waals surface area (Å²) in [4.78, 5) is 12.0. The van der Waals surface area contributed by atoms with Crippen molar-refractivity contribution in [3.63, 3.8) is 0 Å². The Hall–Kier alpha value is -1.51. The zero-order valence-corrected chi connectivity index (χ0v) is 13.9. The first kappa shape index (κ1) is 17.5. The summed E-state index contributed by atoms with van der Waals surface area (Å²) in [5.41, 5.74) is 1.26. The summed E-state index contributed by atoms with van der Waals surface area (Å²) in [6.07, 6.45) is 4.52. The summed E-state index contributed by atoms with van der Waals surface area (Å²) >= 11 is 0. The van der Waals surface area contributed by atoms with Gasteiger partial charge in [-0.25, -0.2) is 4.79 Å². The Kier molecular flexibility index (Phi) is 7.27. The van der Waals surface area contributed by atoms with E-state index < -0.39 is 0 Å². The fourth-order valence-corrected chi connectivity index (χ4v) is 2.75. The molecule has 0 spiro atoms. The van der Waals surface area contributed by atoms with Gasteiger partial charge >= 0.3 is 6.03 Å². The van der Waals surface area contributed by atoms with Gasteiger partial charge in [-0.15, -0.1) is 0 Å². The molecule has 1 rings (SSSR count). The molecular weight excluding hydrogens is 260 g/mol. The summed E-state index contributed by atoms with van der Waals surface area (Å²) < 4.78 is 0. The van der Waals surface area contributed by atoms with E-state index in [1.807, 2.05) is 25.1 Å². The van der Waals surface area contributed by atoms with Crippen LogP contribution in [0.3, 0.4) is 0 Å². The number of nitrogens with one attached hydrogen (secondary N) is 2. The summed E-state index contributed by atoms with van der Waals surface area (Å²) in [6.45, 7) is 9.29. The van der Waals surface area contributed by atoms with Crippen LogP contribution in [-0.2, 0) is 0 Å². The molecular formula is C18H30N2O. The summed E-state index contributed by atoms with van der Waals surface area (Å²) in [7, 11) is 0. The lowest BCUT2D eigenvalue weighted by Crippen LogP contribution is -2.44. The van der Waals surface area contributed by atoms with Gasteiger partial charge < -0.3 is 10.6 Å². The van der Waals surface area contributed by atoms with Crippen LogP contribution >= 0.6 is 0 Å². The van der Waals surface area contributed by atoms with Crippen molar-refractivity contribution in [2.45, 2.75) is 59.4 Å². The van der Waals surface area contributed by atoms with Crippen LogP contribution in [0, 0.1) is 5.41 Å². The summed E-state index contributed by atoms with van der Waals surface area (Å²) in [6, 6.07) is 10.3. The number of urea groups is 1. The third-order valence-electron chi connectivity index (χ3n) is 4.35. The Morgan fingerprint density at radius 3 is 2.38 bits per heavy atom. The van der Waals surface area contributed by atoms with Crippen molar-refractivity contribution >= 4 is 6.03 Å². The quantitative estimate of drug-likeness (QED) is 0.718. The molecule has 1 unspecified atom stereocenters. The zero-order chi connectivity index (χ0) is 15.7. The van der Waals surface area contributed by atoms with Crippen LogP contribution in [0.15, 0.2) is 30.3 Å². The van der Waals surface area contributed by atoms with Crippen LogP contribution in [0.4, 0.5) is 4.79 Å². The minimum atomic E-state index is -0.0810. The molecule has 0 heterocycles. The average molecular weight is 290 g/mol. The lowest BCUT2D eigenvalue weighted by Gasteiger charge is -2.38. The van der Waals surface area contributed by atoms with E-state index in [4.69, 9.17) is 0 Å². The Labute approximate surface area is 129 Å². The molecule has 21 heavy (non-hydrogen) atoms. The van der Waals surface area contributed by atoms with E-state index in [-0.39, 0.29) is 17.5 Å². The first-order valence-corrected chi connectivity index (χ1v) is 8.16. The number of carbonyl (C=O) groups is 1. The lowest BCUT2D eigenvalue weighted by molar-refractivity contribution is 0.178. The maximum Gasteiger partial charge on any atom is 0.315 e. The molecule has 0 fully saturated rings. The standard InChI is InChI=1S/C18H30N2O/c1-5-8-14-18(4,6-2)16(20-17(21)19-7-3)15-12-10-9-11-13-15/h9-13,16H,5-8,14H2,1-4H3,(H2,19,20,21)/t16-,18?/m1/s1. The van der Waals surface area contributed by atoms with Gasteiger partial charge in [0.15, 0.2) is 0 Å². The number of amides is 2. The van der Waals surface area contributed by atoms with E-state index in [2.05, 4.69) is 43.5 Å². The molecule has 0 bridgehead atoms. The van der Waals surface area contributed by atoms with Gasteiger partial charge in [-0.1, -0.05) is 63.9 Å². The van der Waals surface area contributed by atoms with Gasteiger partial charge in [-0.3, -0.25) is 0 Å². The largest absolute Gasteiger partial charge is 0.338 e. The fraction of sp³-hybridized carbons (Fsp3) is 0.611. The molecule has 0 aliphatic rings. The number of rotatable bonds is 8. The molecule has 118 valence electrons. The predicted octanol–water partition coefficient (Wildman–Crippen LogP) is 4.65. The minimum Gasteiger partial charge on any atom is -0.338 e. The molecule has 2 amide bonds. The molecule has 2 N–H and O–H groups in total. The molecule has 0 saturated carbocycles. The van der Waals surface area contributed by atoms with Crippen LogP contribution in [0.5, 0.6) is 0 Å². The topological polar surface area (TPSA) is 41.1 Å². The molecule has 0 aromatic heterocycles. The highest BCUT2D eigenvalue weighted by atomic mass is 16.2. The molecule has 2 atom stereocenters. The van der Waals surface area contributed by atoms with Gasteiger partial charge in [-0.05, 0) is 30.7 Å². The van der Waals surface area contributed by atoms with E-state index >= 15 is 0 Å². The van der Waals surface area contributed by atoms with Crippen molar-refractivity contribution in [2.24, 2.45) is 5.41 Å². The lowest BCUT2D eigenvalue weighted by atomic mass is 9.73. The van der Waals surface area contributed by atoms with E-state index in [1.165, 1.54) is 18.4 Å². The van der Waals surface area contributed by atoms with Crippen LogP contribution < -0.4 is 10.6 Å². The summed E-state index contributed by atoms with van der Waals surface area (Å²) in [5, 5.41) is 6.03. The SMILES string of the molecule is CCCCC(C)(CC)[C@H](NC(=O)NCC)c1ccccc1. The molecule has 3 nitrogen and oxygen atoms in total. The maximum absolute atomic E-state index is 12.0. The maximum atomic E-state index is 12.0. The minimum absolute atomic E-state index is 0.0433. The second kappa shape index (κ2) is 8.71. The smallest absolute Gasteiger partial charge is 0.315 e. The Morgan fingerprint density at radius 2 is 1.86 bits per heavy atom. The molecule has 3 heteroatoms. The second-order valence-electron chi connectivity index (χ2n) is 5.96. The van der Waals surface area contributed by atoms with Crippen molar-refractivity contribution in [2.75, 3.05) is 6.54 Å². The van der Waals surface area contributed by atoms with Gasteiger partial charge in [0.25, 0.3) is 0 Å². The zero-order valence-electron chi connectivity index (χ0n) is 13.9. The van der Waals surface area contributed by atoms with E-state index in [0.717, 1.165) is 12.8 Å². The first-order chi connectivity index (χ1) is 10.1. The molecule has 1 aromatic rings. The van der Waals surface area contributed by atoms with Gasteiger partial charge in [0, 0.05) is 6.54 Å².